The molecule has 1 aromatic rings. The molecule has 1 rings (SSSR count). The van der Waals surface area contributed by atoms with Crippen molar-refractivity contribution in [2.75, 3.05) is 31.1 Å². The average molecular weight is 257 g/mol. The van der Waals surface area contributed by atoms with Crippen LogP contribution in [0.1, 0.15) is 12.0 Å². The summed E-state index contributed by atoms with van der Waals surface area (Å²) < 4.78 is 0. The van der Waals surface area contributed by atoms with Gasteiger partial charge in [-0.25, -0.2) is 10.0 Å². The zero-order valence-electron chi connectivity index (χ0n) is 10.9. The molecule has 0 unspecified atom stereocenters. The molecule has 1 aromatic carbocycles. The molecule has 0 saturated heterocycles. The average Bonchev–Trinajstić information content (AvgIpc) is 2.18. The topological polar surface area (TPSA) is 52.5 Å². The number of benzene rings is 1. The fourth-order valence-corrected chi connectivity index (χ4v) is 2.57. The summed E-state index contributed by atoms with van der Waals surface area (Å²) in [7, 11) is -0.405. The highest BCUT2D eigenvalue weighted by molar-refractivity contribution is 8.32. The Hall–Kier alpha value is -0.870. The lowest BCUT2D eigenvalue weighted by molar-refractivity contribution is 0.444. The van der Waals surface area contributed by atoms with Gasteiger partial charge < -0.3 is 15.5 Å². The van der Waals surface area contributed by atoms with Crippen LogP contribution in [0.4, 0.5) is 0 Å². The minimum Gasteiger partial charge on any atom is -0.508 e. The smallest absolute Gasteiger partial charge is 0.123 e. The first kappa shape index (κ1) is 14.2. The van der Waals surface area contributed by atoms with E-state index >= 15 is 0 Å². The Labute approximate surface area is 105 Å². The number of rotatable bonds is 6. The molecule has 0 aliphatic heterocycles. The predicted molar refractivity (Wildman–Crippen MR) is 76.3 cm³/mol. The summed E-state index contributed by atoms with van der Waals surface area (Å²) in [4.78, 5) is 0. The molecule has 0 aliphatic carbocycles. The fourth-order valence-electron chi connectivity index (χ4n) is 1.55. The van der Waals surface area contributed by atoms with Crippen molar-refractivity contribution in [2.45, 2.75) is 13.0 Å². The Bertz CT molecular complexity index is 361. The van der Waals surface area contributed by atoms with Crippen LogP contribution in [0.25, 0.3) is 0 Å². The number of phenols is 2. The molecule has 0 radical (unpaired) electrons. The Morgan fingerprint density at radius 1 is 1.18 bits per heavy atom. The fraction of sp³-hybridized carbons (Fsp3) is 0.538. The highest BCUT2D eigenvalue weighted by atomic mass is 32.3. The summed E-state index contributed by atoms with van der Waals surface area (Å²) in [5.74, 6) is 1.52. The van der Waals surface area contributed by atoms with Gasteiger partial charge in [0.2, 0.25) is 0 Å². The summed E-state index contributed by atoms with van der Waals surface area (Å²) in [5, 5.41) is 22.0. The van der Waals surface area contributed by atoms with Crippen molar-refractivity contribution < 1.29 is 10.2 Å². The molecule has 0 heterocycles. The van der Waals surface area contributed by atoms with Crippen LogP contribution in [0.2, 0.25) is 0 Å². The molecule has 0 amide bonds. The second-order valence-electron chi connectivity index (χ2n) is 5.14. The second-order valence-corrected chi connectivity index (χ2v) is 9.73. The van der Waals surface area contributed by atoms with Gasteiger partial charge in [0.15, 0.2) is 0 Å². The van der Waals surface area contributed by atoms with Gasteiger partial charge in [-0.05, 0) is 43.6 Å². The molecule has 3 N–H and O–H groups in total. The number of phenolic OH excluding ortho intramolecular Hbond substituents is 2. The molecule has 17 heavy (non-hydrogen) atoms. The van der Waals surface area contributed by atoms with Gasteiger partial charge in [-0.1, -0.05) is 6.07 Å². The van der Waals surface area contributed by atoms with Crippen molar-refractivity contribution in [3.8, 4) is 11.5 Å². The van der Waals surface area contributed by atoms with Gasteiger partial charge in [0.1, 0.15) is 11.5 Å². The monoisotopic (exact) mass is 257 g/mol. The first-order valence-electron chi connectivity index (χ1n) is 5.76. The maximum Gasteiger partial charge on any atom is 0.123 e. The minimum absolute atomic E-state index is 0.0996. The van der Waals surface area contributed by atoms with E-state index < -0.39 is 10.0 Å². The number of hydrogen-bond donors (Lipinski definition) is 3. The van der Waals surface area contributed by atoms with Gasteiger partial charge in [-0.3, -0.25) is 0 Å². The zero-order chi connectivity index (χ0) is 12.9. The standard InChI is InChI=1S/C13H23NO2S/c1-17(2,3)8-4-7-14-10-11-5-6-12(15)9-13(11)16/h5-6,9,14-16H,4,7-8,10H2,1-3H3. The Morgan fingerprint density at radius 2 is 1.88 bits per heavy atom. The zero-order valence-corrected chi connectivity index (χ0v) is 11.7. The van der Waals surface area contributed by atoms with Gasteiger partial charge >= 0.3 is 0 Å². The lowest BCUT2D eigenvalue weighted by atomic mass is 10.2. The molecule has 0 aliphatic rings. The van der Waals surface area contributed by atoms with Crippen LogP contribution < -0.4 is 5.32 Å². The van der Waals surface area contributed by atoms with Crippen molar-refractivity contribution in [3.05, 3.63) is 23.8 Å². The molecule has 0 bridgehead atoms. The molecule has 0 aromatic heterocycles. The molecule has 0 atom stereocenters. The van der Waals surface area contributed by atoms with Gasteiger partial charge in [0.25, 0.3) is 0 Å². The van der Waals surface area contributed by atoms with Crippen molar-refractivity contribution in [1.82, 2.24) is 5.32 Å². The van der Waals surface area contributed by atoms with E-state index in [9.17, 15) is 5.11 Å². The first-order valence-corrected chi connectivity index (χ1v) is 8.79. The first-order chi connectivity index (χ1) is 7.88. The SMILES string of the molecule is CS(C)(C)CCCNCc1ccc(O)cc1O. The van der Waals surface area contributed by atoms with E-state index in [1.807, 2.05) is 0 Å². The van der Waals surface area contributed by atoms with Crippen LogP contribution in [0.15, 0.2) is 18.2 Å². The van der Waals surface area contributed by atoms with E-state index in [0.717, 1.165) is 18.5 Å². The van der Waals surface area contributed by atoms with Gasteiger partial charge in [0, 0.05) is 18.2 Å². The van der Waals surface area contributed by atoms with E-state index in [-0.39, 0.29) is 11.5 Å². The molecular formula is C13H23NO2S. The number of aromatic hydroxyl groups is 2. The third-order valence-electron chi connectivity index (χ3n) is 2.49. The van der Waals surface area contributed by atoms with E-state index in [4.69, 9.17) is 5.11 Å². The number of nitrogens with one attached hydrogen (secondary N) is 1. The lowest BCUT2D eigenvalue weighted by Crippen LogP contribution is -2.16. The molecule has 3 nitrogen and oxygen atoms in total. The van der Waals surface area contributed by atoms with Gasteiger partial charge in [-0.2, -0.15) is 0 Å². The quantitative estimate of drug-likeness (QED) is 0.685. The van der Waals surface area contributed by atoms with Crippen molar-refractivity contribution >= 4 is 10.0 Å². The predicted octanol–water partition coefficient (Wildman–Crippen LogP) is 2.27. The molecule has 0 spiro atoms. The molecule has 0 fully saturated rings. The van der Waals surface area contributed by atoms with E-state index in [0.29, 0.717) is 6.54 Å². The lowest BCUT2D eigenvalue weighted by Gasteiger charge is -2.24. The van der Waals surface area contributed by atoms with Crippen LogP contribution in [0.5, 0.6) is 11.5 Å². The number of hydrogen-bond acceptors (Lipinski definition) is 3. The van der Waals surface area contributed by atoms with Crippen molar-refractivity contribution in [2.24, 2.45) is 0 Å². The second kappa shape index (κ2) is 6.17. The van der Waals surface area contributed by atoms with Crippen LogP contribution in [-0.4, -0.2) is 41.3 Å². The van der Waals surface area contributed by atoms with Crippen LogP contribution in [0, 0.1) is 0 Å². The van der Waals surface area contributed by atoms with Gasteiger partial charge in [0.05, 0.1) is 0 Å². The summed E-state index contributed by atoms with van der Waals surface area (Å²) in [5.41, 5.74) is 0.825. The highest BCUT2D eigenvalue weighted by Crippen LogP contribution is 2.34. The maximum atomic E-state index is 9.58. The summed E-state index contributed by atoms with van der Waals surface area (Å²) in [6, 6.07) is 4.71. The molecule has 98 valence electrons. The van der Waals surface area contributed by atoms with Crippen LogP contribution in [-0.2, 0) is 6.54 Å². The van der Waals surface area contributed by atoms with E-state index in [1.54, 1.807) is 12.1 Å². The van der Waals surface area contributed by atoms with Gasteiger partial charge in [-0.15, -0.1) is 0 Å². The molecule has 4 heteroatoms. The maximum absolute atomic E-state index is 9.58. The largest absolute Gasteiger partial charge is 0.508 e. The third-order valence-corrected chi connectivity index (χ3v) is 4.01. The Morgan fingerprint density at radius 3 is 2.47 bits per heavy atom. The summed E-state index contributed by atoms with van der Waals surface area (Å²) in [6.07, 6.45) is 8.12. The normalized spacial score (nSPS) is 12.6. The van der Waals surface area contributed by atoms with Crippen molar-refractivity contribution in [1.29, 1.82) is 0 Å². The van der Waals surface area contributed by atoms with E-state index in [1.165, 1.54) is 11.8 Å². The van der Waals surface area contributed by atoms with E-state index in [2.05, 4.69) is 24.1 Å². The third kappa shape index (κ3) is 5.84. The Kier molecular flexibility index (Phi) is 5.15. The highest BCUT2D eigenvalue weighted by Gasteiger charge is 2.04. The minimum atomic E-state index is -0.405. The molecule has 0 saturated carbocycles. The summed E-state index contributed by atoms with van der Waals surface area (Å²) >= 11 is 0. The molecular weight excluding hydrogens is 234 g/mol. The summed E-state index contributed by atoms with van der Waals surface area (Å²) in [6.45, 7) is 1.61. The Balaban J connectivity index is 2.27. The van der Waals surface area contributed by atoms with Crippen molar-refractivity contribution in [3.63, 3.8) is 0 Å². The van der Waals surface area contributed by atoms with Crippen LogP contribution >= 0.6 is 10.0 Å². The van der Waals surface area contributed by atoms with Crippen LogP contribution in [0.3, 0.4) is 0 Å².